The number of nitrogens with one attached hydrogen (secondary N) is 1. The molecule has 0 fully saturated rings. The van der Waals surface area contributed by atoms with Crippen LogP contribution in [0.25, 0.3) is 11.5 Å². The number of nitrogens with zero attached hydrogens (tertiary/aromatic N) is 4. The number of aromatic nitrogens is 5. The molecule has 0 radical (unpaired) electrons. The summed E-state index contributed by atoms with van der Waals surface area (Å²) in [6, 6.07) is 3.75. The predicted octanol–water partition coefficient (Wildman–Crippen LogP) is 0.517. The minimum Gasteiger partial charge on any atom is -0.291 e. The molecule has 0 atom stereocenters. The van der Waals surface area contributed by atoms with Gasteiger partial charge in [0.1, 0.15) is 12.1 Å². The number of aromatic amines is 1. The predicted molar refractivity (Wildman–Crippen MR) is 57.7 cm³/mol. The van der Waals surface area contributed by atoms with Gasteiger partial charge in [-0.25, -0.2) is 19.3 Å². The standard InChI is InChI=1S/C10H9N5O/c1-7-4-8-12-13-10(16)15(8)9(5-7)14-3-2-11-6-14/h2-6H,1H3,(H,13,16). The molecule has 16 heavy (non-hydrogen) atoms. The molecule has 6 nitrogen and oxygen atoms in total. The van der Waals surface area contributed by atoms with Crippen LogP contribution >= 0.6 is 0 Å². The van der Waals surface area contributed by atoms with Crippen LogP contribution in [-0.4, -0.2) is 24.1 Å². The average Bonchev–Trinajstić information content (AvgIpc) is 2.87. The molecule has 0 amide bonds. The minimum atomic E-state index is -0.251. The van der Waals surface area contributed by atoms with Gasteiger partial charge < -0.3 is 0 Å². The third-order valence-electron chi connectivity index (χ3n) is 2.41. The highest BCUT2D eigenvalue weighted by molar-refractivity contribution is 5.46. The fourth-order valence-electron chi connectivity index (χ4n) is 1.73. The van der Waals surface area contributed by atoms with E-state index >= 15 is 0 Å². The van der Waals surface area contributed by atoms with Crippen molar-refractivity contribution in [2.75, 3.05) is 0 Å². The summed E-state index contributed by atoms with van der Waals surface area (Å²) >= 11 is 0. The average molecular weight is 215 g/mol. The van der Waals surface area contributed by atoms with Crippen molar-refractivity contribution >= 4 is 5.65 Å². The number of pyridine rings is 1. The maximum absolute atomic E-state index is 11.6. The van der Waals surface area contributed by atoms with Gasteiger partial charge in [-0.1, -0.05) is 0 Å². The number of rotatable bonds is 1. The molecular formula is C10H9N5O. The Morgan fingerprint density at radius 1 is 1.38 bits per heavy atom. The van der Waals surface area contributed by atoms with Gasteiger partial charge in [-0.05, 0) is 24.6 Å². The van der Waals surface area contributed by atoms with Gasteiger partial charge in [0.2, 0.25) is 0 Å². The van der Waals surface area contributed by atoms with Gasteiger partial charge in [0.15, 0.2) is 5.65 Å². The zero-order chi connectivity index (χ0) is 11.1. The van der Waals surface area contributed by atoms with Gasteiger partial charge >= 0.3 is 5.69 Å². The second-order valence-corrected chi connectivity index (χ2v) is 3.58. The summed E-state index contributed by atoms with van der Waals surface area (Å²) in [5, 5.41) is 6.37. The molecule has 0 aromatic carbocycles. The molecular weight excluding hydrogens is 206 g/mol. The fraction of sp³-hybridized carbons (Fsp3) is 0.100. The van der Waals surface area contributed by atoms with Gasteiger partial charge in [-0.15, -0.1) is 0 Å². The van der Waals surface area contributed by atoms with E-state index in [1.807, 2.05) is 19.1 Å². The normalized spacial score (nSPS) is 11.1. The van der Waals surface area contributed by atoms with E-state index in [1.54, 1.807) is 23.3 Å². The smallest absolute Gasteiger partial charge is 0.291 e. The van der Waals surface area contributed by atoms with Crippen LogP contribution in [0.4, 0.5) is 0 Å². The molecule has 0 saturated heterocycles. The van der Waals surface area contributed by atoms with Crippen molar-refractivity contribution in [3.05, 3.63) is 46.9 Å². The summed E-state index contributed by atoms with van der Waals surface area (Å²) in [6.45, 7) is 1.96. The van der Waals surface area contributed by atoms with Crippen molar-refractivity contribution in [2.24, 2.45) is 0 Å². The van der Waals surface area contributed by atoms with Gasteiger partial charge in [0, 0.05) is 12.4 Å². The van der Waals surface area contributed by atoms with Crippen LogP contribution in [0, 0.1) is 6.92 Å². The van der Waals surface area contributed by atoms with Crippen molar-refractivity contribution < 1.29 is 0 Å². The van der Waals surface area contributed by atoms with Gasteiger partial charge in [-0.3, -0.25) is 4.57 Å². The SMILES string of the molecule is Cc1cc(-n2ccnc2)n2c(=O)[nH]nc2c1. The molecule has 3 aromatic rings. The summed E-state index contributed by atoms with van der Waals surface area (Å²) < 4.78 is 3.28. The topological polar surface area (TPSA) is 68.0 Å². The first kappa shape index (κ1) is 8.90. The fourth-order valence-corrected chi connectivity index (χ4v) is 1.73. The first-order valence-corrected chi connectivity index (χ1v) is 4.82. The van der Waals surface area contributed by atoms with Crippen molar-refractivity contribution in [3.63, 3.8) is 0 Å². The van der Waals surface area contributed by atoms with E-state index in [0.717, 1.165) is 11.4 Å². The van der Waals surface area contributed by atoms with Crippen molar-refractivity contribution in [3.8, 4) is 5.82 Å². The highest BCUT2D eigenvalue weighted by Gasteiger charge is 2.07. The molecule has 0 bridgehead atoms. The van der Waals surface area contributed by atoms with E-state index in [2.05, 4.69) is 15.2 Å². The molecule has 0 aliphatic carbocycles. The molecule has 1 N–H and O–H groups in total. The Labute approximate surface area is 90.2 Å². The minimum absolute atomic E-state index is 0.251. The van der Waals surface area contributed by atoms with E-state index in [1.165, 1.54) is 4.40 Å². The zero-order valence-corrected chi connectivity index (χ0v) is 8.58. The highest BCUT2D eigenvalue weighted by Crippen LogP contribution is 2.11. The number of hydrogen-bond acceptors (Lipinski definition) is 3. The Balaban J connectivity index is 2.47. The quantitative estimate of drug-likeness (QED) is 0.643. The van der Waals surface area contributed by atoms with Crippen LogP contribution in [-0.2, 0) is 0 Å². The van der Waals surface area contributed by atoms with Crippen molar-refractivity contribution in [1.82, 2.24) is 24.1 Å². The summed E-state index contributed by atoms with van der Waals surface area (Å²) in [5.41, 5.74) is 1.39. The van der Waals surface area contributed by atoms with E-state index in [-0.39, 0.29) is 5.69 Å². The Kier molecular flexibility index (Phi) is 1.70. The summed E-state index contributed by atoms with van der Waals surface area (Å²) in [7, 11) is 0. The Morgan fingerprint density at radius 2 is 2.25 bits per heavy atom. The van der Waals surface area contributed by atoms with E-state index in [0.29, 0.717) is 5.65 Å². The van der Waals surface area contributed by atoms with Crippen LogP contribution in [0.5, 0.6) is 0 Å². The molecule has 6 heteroatoms. The number of hydrogen-bond donors (Lipinski definition) is 1. The number of fused-ring (bicyclic) bond motifs is 1. The van der Waals surface area contributed by atoms with Crippen LogP contribution in [0.3, 0.4) is 0 Å². The molecule has 0 saturated carbocycles. The van der Waals surface area contributed by atoms with Crippen LogP contribution in [0.2, 0.25) is 0 Å². The van der Waals surface area contributed by atoms with Gasteiger partial charge in [0.25, 0.3) is 0 Å². The molecule has 80 valence electrons. The Bertz CT molecular complexity index is 692. The molecule has 0 aliphatic heterocycles. The number of H-pyrrole nitrogens is 1. The monoisotopic (exact) mass is 215 g/mol. The summed E-state index contributed by atoms with van der Waals surface area (Å²) in [4.78, 5) is 15.6. The third-order valence-corrected chi connectivity index (χ3v) is 2.41. The lowest BCUT2D eigenvalue weighted by Gasteiger charge is -2.05. The first-order valence-electron chi connectivity index (χ1n) is 4.82. The van der Waals surface area contributed by atoms with Gasteiger partial charge in [0.05, 0.1) is 0 Å². The molecule has 3 rings (SSSR count). The van der Waals surface area contributed by atoms with E-state index in [9.17, 15) is 4.79 Å². The molecule has 0 spiro atoms. The van der Waals surface area contributed by atoms with Crippen LogP contribution < -0.4 is 5.69 Å². The Hall–Kier alpha value is -2.37. The Morgan fingerprint density at radius 3 is 3.00 bits per heavy atom. The second-order valence-electron chi connectivity index (χ2n) is 3.58. The lowest BCUT2D eigenvalue weighted by molar-refractivity contribution is 0.919. The lowest BCUT2D eigenvalue weighted by Crippen LogP contribution is -2.14. The number of imidazole rings is 1. The van der Waals surface area contributed by atoms with Gasteiger partial charge in [-0.2, -0.15) is 5.10 Å². The van der Waals surface area contributed by atoms with Crippen LogP contribution in [0.15, 0.2) is 35.6 Å². The molecule has 0 unspecified atom stereocenters. The third kappa shape index (κ3) is 1.16. The summed E-state index contributed by atoms with van der Waals surface area (Å²) in [6.07, 6.45) is 5.10. The molecule has 3 heterocycles. The molecule has 3 aromatic heterocycles. The van der Waals surface area contributed by atoms with E-state index < -0.39 is 0 Å². The second kappa shape index (κ2) is 3.06. The zero-order valence-electron chi connectivity index (χ0n) is 8.58. The van der Waals surface area contributed by atoms with Crippen molar-refractivity contribution in [2.45, 2.75) is 6.92 Å². The number of aryl methyl sites for hydroxylation is 1. The van der Waals surface area contributed by atoms with E-state index in [4.69, 9.17) is 0 Å². The first-order chi connectivity index (χ1) is 7.75. The lowest BCUT2D eigenvalue weighted by atomic mass is 10.3. The van der Waals surface area contributed by atoms with Crippen LogP contribution in [0.1, 0.15) is 5.56 Å². The highest BCUT2D eigenvalue weighted by atomic mass is 16.1. The molecule has 0 aliphatic rings. The summed E-state index contributed by atoms with van der Waals surface area (Å²) in [5.74, 6) is 0.728. The van der Waals surface area contributed by atoms with Crippen molar-refractivity contribution in [1.29, 1.82) is 0 Å². The maximum Gasteiger partial charge on any atom is 0.349 e. The largest absolute Gasteiger partial charge is 0.349 e. The maximum atomic E-state index is 11.6.